The number of alkyl halides is 1. The van der Waals surface area contributed by atoms with E-state index in [2.05, 4.69) is 20.9 Å². The second-order valence-electron chi connectivity index (χ2n) is 4.65. The molecule has 1 saturated heterocycles. The molecular formula is C12H15BrN2O5. The maximum Gasteiger partial charge on any atom is 0.330 e. The van der Waals surface area contributed by atoms with Gasteiger partial charge in [0.2, 0.25) is 0 Å². The second-order valence-corrected chi connectivity index (χ2v) is 5.29. The Labute approximate surface area is 123 Å². The highest BCUT2D eigenvalue weighted by molar-refractivity contribution is 9.09. The molecule has 1 fully saturated rings. The summed E-state index contributed by atoms with van der Waals surface area (Å²) >= 11 is 3.29. The van der Waals surface area contributed by atoms with E-state index in [1.807, 2.05) is 0 Å². The monoisotopic (exact) mass is 346 g/mol. The van der Waals surface area contributed by atoms with E-state index < -0.39 is 29.6 Å². The summed E-state index contributed by atoms with van der Waals surface area (Å²) in [6, 6.07) is 0. The molecule has 0 radical (unpaired) electrons. The third-order valence-corrected chi connectivity index (χ3v) is 3.74. The standard InChI is InChI=1S/C12H15BrN2O5/c1-6-5-15(12(18)14-11(6)17)10-3-8(19-7(2)16)9(4-13)20-10/h5,8-10H,3-4H2,1-2H3,(H,14,17,18)/t8-,9+,10+/m0/s1. The van der Waals surface area contributed by atoms with Crippen LogP contribution in [-0.4, -0.2) is 33.1 Å². The number of aryl methyl sites for hydroxylation is 1. The summed E-state index contributed by atoms with van der Waals surface area (Å²) in [6.07, 6.45) is 0.498. The number of aromatic nitrogens is 2. The van der Waals surface area contributed by atoms with Gasteiger partial charge in [-0.2, -0.15) is 0 Å². The van der Waals surface area contributed by atoms with E-state index in [1.54, 1.807) is 6.92 Å². The van der Waals surface area contributed by atoms with Gasteiger partial charge in [-0.05, 0) is 6.92 Å². The number of halogens is 1. The van der Waals surface area contributed by atoms with Gasteiger partial charge in [-0.3, -0.25) is 19.1 Å². The minimum Gasteiger partial charge on any atom is -0.460 e. The number of hydrogen-bond acceptors (Lipinski definition) is 5. The number of hydrogen-bond donors (Lipinski definition) is 1. The lowest BCUT2D eigenvalue weighted by Gasteiger charge is -2.15. The van der Waals surface area contributed by atoms with Crippen molar-refractivity contribution in [2.24, 2.45) is 0 Å². The first-order chi connectivity index (χ1) is 9.42. The van der Waals surface area contributed by atoms with Gasteiger partial charge >= 0.3 is 11.7 Å². The molecule has 110 valence electrons. The topological polar surface area (TPSA) is 90.4 Å². The Morgan fingerprint density at radius 1 is 1.60 bits per heavy atom. The summed E-state index contributed by atoms with van der Waals surface area (Å²) in [6.45, 7) is 2.93. The zero-order valence-electron chi connectivity index (χ0n) is 11.1. The molecule has 0 amide bonds. The molecule has 2 heterocycles. The van der Waals surface area contributed by atoms with Crippen molar-refractivity contribution in [1.29, 1.82) is 0 Å². The average molecular weight is 347 g/mol. The van der Waals surface area contributed by atoms with Crippen LogP contribution in [0, 0.1) is 6.92 Å². The highest BCUT2D eigenvalue weighted by Crippen LogP contribution is 2.30. The van der Waals surface area contributed by atoms with Crippen molar-refractivity contribution < 1.29 is 14.3 Å². The number of esters is 1. The van der Waals surface area contributed by atoms with E-state index in [9.17, 15) is 14.4 Å². The molecule has 3 atom stereocenters. The third kappa shape index (κ3) is 3.01. The van der Waals surface area contributed by atoms with Crippen molar-refractivity contribution in [3.8, 4) is 0 Å². The Balaban J connectivity index is 2.27. The fourth-order valence-corrected chi connectivity index (χ4v) is 2.72. The van der Waals surface area contributed by atoms with Crippen molar-refractivity contribution in [2.75, 3.05) is 5.33 Å². The first kappa shape index (κ1) is 15.0. The first-order valence-corrected chi connectivity index (χ1v) is 7.25. The van der Waals surface area contributed by atoms with Gasteiger partial charge in [-0.1, -0.05) is 15.9 Å². The van der Waals surface area contributed by atoms with Gasteiger partial charge in [-0.25, -0.2) is 4.79 Å². The van der Waals surface area contributed by atoms with Crippen molar-refractivity contribution in [3.05, 3.63) is 32.6 Å². The molecule has 0 aliphatic carbocycles. The minimum atomic E-state index is -0.565. The van der Waals surface area contributed by atoms with Gasteiger partial charge in [0.1, 0.15) is 18.4 Å². The molecule has 0 unspecified atom stereocenters. The summed E-state index contributed by atoms with van der Waals surface area (Å²) in [4.78, 5) is 36.4. The van der Waals surface area contributed by atoms with E-state index in [0.29, 0.717) is 17.3 Å². The number of ether oxygens (including phenoxy) is 2. The normalized spacial score (nSPS) is 25.6. The molecule has 0 saturated carbocycles. The summed E-state index contributed by atoms with van der Waals surface area (Å²) in [5.74, 6) is -0.393. The number of H-pyrrole nitrogens is 1. The van der Waals surface area contributed by atoms with Gasteiger partial charge < -0.3 is 9.47 Å². The Kier molecular flexibility index (Phi) is 4.44. The second kappa shape index (κ2) is 5.92. The largest absolute Gasteiger partial charge is 0.460 e. The highest BCUT2D eigenvalue weighted by Gasteiger charge is 2.38. The summed E-state index contributed by atoms with van der Waals surface area (Å²) in [5.41, 5.74) is -0.542. The lowest BCUT2D eigenvalue weighted by atomic mass is 10.2. The zero-order valence-corrected chi connectivity index (χ0v) is 12.7. The molecule has 0 aromatic carbocycles. The summed E-state index contributed by atoms with van der Waals surface area (Å²) in [5, 5.41) is 0.485. The Bertz CT molecular complexity index is 623. The van der Waals surface area contributed by atoms with Crippen LogP contribution in [-0.2, 0) is 14.3 Å². The molecule has 8 heteroatoms. The Hall–Kier alpha value is -1.41. The maximum absolute atomic E-state index is 11.8. The number of rotatable bonds is 3. The fraction of sp³-hybridized carbons (Fsp3) is 0.583. The lowest BCUT2D eigenvalue weighted by molar-refractivity contribution is -0.148. The molecule has 1 N–H and O–H groups in total. The smallest absolute Gasteiger partial charge is 0.330 e. The molecule has 1 aromatic heterocycles. The van der Waals surface area contributed by atoms with E-state index in [0.717, 1.165) is 0 Å². The van der Waals surface area contributed by atoms with Crippen LogP contribution in [0.15, 0.2) is 15.8 Å². The average Bonchev–Trinajstić information content (AvgIpc) is 2.75. The lowest BCUT2D eigenvalue weighted by Crippen LogP contribution is -2.33. The van der Waals surface area contributed by atoms with Crippen LogP contribution in [0.3, 0.4) is 0 Å². The number of nitrogens with zero attached hydrogens (tertiary/aromatic N) is 1. The quantitative estimate of drug-likeness (QED) is 0.634. The van der Waals surface area contributed by atoms with Gasteiger partial charge in [0, 0.05) is 30.4 Å². The predicted molar refractivity (Wildman–Crippen MR) is 73.9 cm³/mol. The fourth-order valence-electron chi connectivity index (χ4n) is 2.15. The number of nitrogens with one attached hydrogen (secondary N) is 1. The van der Waals surface area contributed by atoms with Gasteiger partial charge in [0.15, 0.2) is 0 Å². The van der Waals surface area contributed by atoms with Crippen LogP contribution in [0.1, 0.15) is 25.1 Å². The number of carbonyl (C=O) groups is 1. The zero-order chi connectivity index (χ0) is 14.9. The van der Waals surface area contributed by atoms with Crippen molar-refractivity contribution >= 4 is 21.9 Å². The SMILES string of the molecule is CC(=O)O[C@H]1C[C@H](n2cc(C)c(=O)[nH]c2=O)O[C@@H]1CBr. The molecular weight excluding hydrogens is 332 g/mol. The molecule has 0 spiro atoms. The summed E-state index contributed by atoms with van der Waals surface area (Å²) in [7, 11) is 0. The van der Waals surface area contributed by atoms with Crippen LogP contribution < -0.4 is 11.2 Å². The molecule has 1 aromatic rings. The van der Waals surface area contributed by atoms with Crippen LogP contribution in [0.5, 0.6) is 0 Å². The van der Waals surface area contributed by atoms with Crippen LogP contribution in [0.2, 0.25) is 0 Å². The maximum atomic E-state index is 11.8. The van der Waals surface area contributed by atoms with Gasteiger partial charge in [-0.15, -0.1) is 0 Å². The molecule has 7 nitrogen and oxygen atoms in total. The van der Waals surface area contributed by atoms with Crippen molar-refractivity contribution in [1.82, 2.24) is 9.55 Å². The van der Waals surface area contributed by atoms with Crippen LogP contribution in [0.4, 0.5) is 0 Å². The number of carbonyl (C=O) groups excluding carboxylic acids is 1. The minimum absolute atomic E-state index is 0.331. The van der Waals surface area contributed by atoms with E-state index >= 15 is 0 Å². The predicted octanol–water partition coefficient (Wildman–Crippen LogP) is 0.459. The Morgan fingerprint density at radius 3 is 2.90 bits per heavy atom. The number of aromatic amines is 1. The molecule has 1 aliphatic rings. The van der Waals surface area contributed by atoms with E-state index in [4.69, 9.17) is 9.47 Å². The van der Waals surface area contributed by atoms with E-state index in [1.165, 1.54) is 17.7 Å². The van der Waals surface area contributed by atoms with Crippen molar-refractivity contribution in [3.63, 3.8) is 0 Å². The van der Waals surface area contributed by atoms with Gasteiger partial charge in [0.05, 0.1) is 0 Å². The summed E-state index contributed by atoms with van der Waals surface area (Å²) < 4.78 is 12.2. The van der Waals surface area contributed by atoms with Crippen LogP contribution in [0.25, 0.3) is 0 Å². The van der Waals surface area contributed by atoms with E-state index in [-0.39, 0.29) is 6.10 Å². The first-order valence-electron chi connectivity index (χ1n) is 6.13. The van der Waals surface area contributed by atoms with Crippen LogP contribution >= 0.6 is 15.9 Å². The molecule has 1 aliphatic heterocycles. The van der Waals surface area contributed by atoms with Gasteiger partial charge in [0.25, 0.3) is 5.56 Å². The highest BCUT2D eigenvalue weighted by atomic mass is 79.9. The molecule has 20 heavy (non-hydrogen) atoms. The molecule has 2 rings (SSSR count). The Morgan fingerprint density at radius 2 is 2.30 bits per heavy atom. The third-order valence-electron chi connectivity index (χ3n) is 3.11. The van der Waals surface area contributed by atoms with Crippen molar-refractivity contribution in [2.45, 2.75) is 38.7 Å². The molecule has 0 bridgehead atoms.